The van der Waals surface area contributed by atoms with Gasteiger partial charge in [-0.25, -0.2) is 0 Å². The largest absolute Gasteiger partial charge is 0.497 e. The molecule has 0 saturated heterocycles. The molecule has 132 valence electrons. The zero-order valence-electron chi connectivity index (χ0n) is 14.6. The number of rotatable bonds is 7. The molecule has 5 nitrogen and oxygen atoms in total. The van der Waals surface area contributed by atoms with Crippen LogP contribution in [0.1, 0.15) is 27.9 Å². The molecule has 5 heteroatoms. The van der Waals surface area contributed by atoms with Gasteiger partial charge in [-0.05, 0) is 54.7 Å². The molecule has 0 aliphatic heterocycles. The van der Waals surface area contributed by atoms with Gasteiger partial charge in [0.15, 0.2) is 0 Å². The van der Waals surface area contributed by atoms with Crippen LogP contribution in [-0.2, 0) is 12.8 Å². The monoisotopic (exact) mass is 341 g/mol. The maximum Gasteiger partial charge on any atom is 0.251 e. The summed E-state index contributed by atoms with van der Waals surface area (Å²) >= 11 is 0. The highest BCUT2D eigenvalue weighted by Gasteiger charge is 2.12. The molecule has 0 radical (unpaired) electrons. The summed E-state index contributed by atoms with van der Waals surface area (Å²) < 4.78 is 16.1. The van der Waals surface area contributed by atoms with Crippen LogP contribution in [0.25, 0.3) is 0 Å². The van der Waals surface area contributed by atoms with Crippen LogP contribution in [0.2, 0.25) is 0 Å². The minimum absolute atomic E-state index is 0.185. The molecule has 0 spiro atoms. The Balaban J connectivity index is 1.51. The summed E-state index contributed by atoms with van der Waals surface area (Å²) in [6.45, 7) is 0.848. The average molecular weight is 341 g/mol. The lowest BCUT2D eigenvalue weighted by molar-refractivity contribution is 0.0946. The van der Waals surface area contributed by atoms with Crippen molar-refractivity contribution >= 4 is 5.91 Å². The number of ether oxygens (including phenoxy) is 3. The van der Waals surface area contributed by atoms with Gasteiger partial charge in [-0.15, -0.1) is 0 Å². The van der Waals surface area contributed by atoms with E-state index in [1.165, 1.54) is 17.5 Å². The predicted molar refractivity (Wildman–Crippen MR) is 95.8 cm³/mol. The molecular weight excluding hydrogens is 318 g/mol. The van der Waals surface area contributed by atoms with Crippen LogP contribution in [0.15, 0.2) is 36.4 Å². The number of benzene rings is 2. The first-order chi connectivity index (χ1) is 12.2. The Labute approximate surface area is 147 Å². The maximum absolute atomic E-state index is 12.3. The minimum atomic E-state index is -0.185. The molecular formula is C20H23NO4. The molecule has 2 aromatic carbocycles. The van der Waals surface area contributed by atoms with Crippen molar-refractivity contribution in [3.63, 3.8) is 0 Å². The zero-order chi connectivity index (χ0) is 17.6. The fraction of sp³-hybridized carbons (Fsp3) is 0.350. The fourth-order valence-corrected chi connectivity index (χ4v) is 3.01. The van der Waals surface area contributed by atoms with Gasteiger partial charge in [-0.2, -0.15) is 0 Å². The summed E-state index contributed by atoms with van der Waals surface area (Å²) in [5, 5.41) is 2.85. The van der Waals surface area contributed by atoms with Gasteiger partial charge in [-0.3, -0.25) is 4.79 Å². The van der Waals surface area contributed by atoms with Gasteiger partial charge in [0, 0.05) is 11.6 Å². The molecule has 3 rings (SSSR count). The molecule has 25 heavy (non-hydrogen) atoms. The van der Waals surface area contributed by atoms with Gasteiger partial charge in [0.2, 0.25) is 0 Å². The van der Waals surface area contributed by atoms with E-state index < -0.39 is 0 Å². The second kappa shape index (κ2) is 7.92. The third-order valence-electron chi connectivity index (χ3n) is 4.34. The Morgan fingerprint density at radius 3 is 2.40 bits per heavy atom. The number of amides is 1. The minimum Gasteiger partial charge on any atom is -0.497 e. The van der Waals surface area contributed by atoms with E-state index in [-0.39, 0.29) is 5.91 Å². The van der Waals surface area contributed by atoms with Crippen molar-refractivity contribution in [2.45, 2.75) is 19.3 Å². The number of hydrogen-bond acceptors (Lipinski definition) is 4. The Bertz CT molecular complexity index is 735. The number of aryl methyl sites for hydroxylation is 2. The number of nitrogens with one attached hydrogen (secondary N) is 1. The molecule has 2 aromatic rings. The molecule has 0 unspecified atom stereocenters. The Morgan fingerprint density at radius 1 is 0.960 bits per heavy atom. The summed E-state index contributed by atoms with van der Waals surface area (Å²) in [6.07, 6.45) is 3.51. The van der Waals surface area contributed by atoms with Crippen LogP contribution >= 0.6 is 0 Å². The number of hydrogen-bond donors (Lipinski definition) is 1. The first-order valence-electron chi connectivity index (χ1n) is 8.45. The zero-order valence-corrected chi connectivity index (χ0v) is 14.6. The molecule has 0 saturated carbocycles. The van der Waals surface area contributed by atoms with Crippen molar-refractivity contribution in [2.24, 2.45) is 0 Å². The summed E-state index contributed by atoms with van der Waals surface area (Å²) in [5.41, 5.74) is 3.30. The topological polar surface area (TPSA) is 56.8 Å². The van der Waals surface area contributed by atoms with Crippen LogP contribution in [-0.4, -0.2) is 33.3 Å². The van der Waals surface area contributed by atoms with Crippen LogP contribution in [0.5, 0.6) is 17.2 Å². The van der Waals surface area contributed by atoms with Gasteiger partial charge < -0.3 is 19.5 Å². The fourth-order valence-electron chi connectivity index (χ4n) is 3.01. The first kappa shape index (κ1) is 17.1. The number of methoxy groups -OCH3 is 2. The lowest BCUT2D eigenvalue weighted by Gasteiger charge is -2.11. The highest BCUT2D eigenvalue weighted by molar-refractivity contribution is 5.95. The van der Waals surface area contributed by atoms with Gasteiger partial charge in [0.1, 0.15) is 23.9 Å². The Morgan fingerprint density at radius 2 is 1.68 bits per heavy atom. The van der Waals surface area contributed by atoms with Crippen molar-refractivity contribution in [1.29, 1.82) is 0 Å². The van der Waals surface area contributed by atoms with Crippen LogP contribution in [0, 0.1) is 0 Å². The van der Waals surface area contributed by atoms with Crippen molar-refractivity contribution < 1.29 is 19.0 Å². The maximum atomic E-state index is 12.3. The van der Waals surface area contributed by atoms with E-state index in [0.29, 0.717) is 30.2 Å². The number of fused-ring (bicyclic) bond motifs is 1. The molecule has 0 bridgehead atoms. The quantitative estimate of drug-likeness (QED) is 0.787. The summed E-state index contributed by atoms with van der Waals surface area (Å²) in [6, 6.07) is 11.3. The Kier molecular flexibility index (Phi) is 5.43. The van der Waals surface area contributed by atoms with Crippen molar-refractivity contribution in [3.8, 4) is 17.2 Å². The van der Waals surface area contributed by atoms with Crippen LogP contribution in [0.3, 0.4) is 0 Å². The molecule has 1 amide bonds. The van der Waals surface area contributed by atoms with E-state index in [1.54, 1.807) is 32.4 Å². The molecule has 1 N–H and O–H groups in total. The van der Waals surface area contributed by atoms with Gasteiger partial charge in [-0.1, -0.05) is 6.07 Å². The van der Waals surface area contributed by atoms with E-state index in [9.17, 15) is 4.79 Å². The standard InChI is InChI=1S/C20H23NO4/c1-23-18-11-16(12-19(13-18)24-2)20(22)21-8-9-25-17-7-6-14-4-3-5-15(14)10-17/h6-7,10-13H,3-5,8-9H2,1-2H3,(H,21,22). The third kappa shape index (κ3) is 4.24. The van der Waals surface area contributed by atoms with E-state index in [2.05, 4.69) is 17.4 Å². The lowest BCUT2D eigenvalue weighted by Crippen LogP contribution is -2.28. The van der Waals surface area contributed by atoms with E-state index >= 15 is 0 Å². The summed E-state index contributed by atoms with van der Waals surface area (Å²) in [4.78, 5) is 12.3. The second-order valence-corrected chi connectivity index (χ2v) is 5.99. The number of carbonyl (C=O) groups excluding carboxylic acids is 1. The smallest absolute Gasteiger partial charge is 0.251 e. The predicted octanol–water partition coefficient (Wildman–Crippen LogP) is 3.00. The van der Waals surface area contributed by atoms with Gasteiger partial charge in [0.25, 0.3) is 5.91 Å². The summed E-state index contributed by atoms with van der Waals surface area (Å²) in [5.74, 6) is 1.84. The molecule has 1 aliphatic rings. The van der Waals surface area contributed by atoms with Gasteiger partial charge in [0.05, 0.1) is 20.8 Å². The van der Waals surface area contributed by atoms with E-state index in [4.69, 9.17) is 14.2 Å². The number of carbonyl (C=O) groups is 1. The first-order valence-corrected chi connectivity index (χ1v) is 8.45. The SMILES string of the molecule is COc1cc(OC)cc(C(=O)NCCOc2ccc3c(c2)CCC3)c1. The van der Waals surface area contributed by atoms with Crippen LogP contribution < -0.4 is 19.5 Å². The Hall–Kier alpha value is -2.69. The van der Waals surface area contributed by atoms with E-state index in [1.807, 2.05) is 6.07 Å². The van der Waals surface area contributed by atoms with Crippen molar-refractivity contribution in [1.82, 2.24) is 5.32 Å². The van der Waals surface area contributed by atoms with Gasteiger partial charge >= 0.3 is 0 Å². The third-order valence-corrected chi connectivity index (χ3v) is 4.34. The second-order valence-electron chi connectivity index (χ2n) is 5.99. The van der Waals surface area contributed by atoms with E-state index in [0.717, 1.165) is 18.6 Å². The van der Waals surface area contributed by atoms with Crippen molar-refractivity contribution in [2.75, 3.05) is 27.4 Å². The lowest BCUT2D eigenvalue weighted by atomic mass is 10.1. The highest BCUT2D eigenvalue weighted by Crippen LogP contribution is 2.26. The molecule has 0 atom stereocenters. The normalized spacial score (nSPS) is 12.4. The van der Waals surface area contributed by atoms with Crippen molar-refractivity contribution in [3.05, 3.63) is 53.1 Å². The average Bonchev–Trinajstić information content (AvgIpc) is 3.12. The molecule has 0 aromatic heterocycles. The molecule has 0 fully saturated rings. The molecule has 0 heterocycles. The molecule has 1 aliphatic carbocycles. The summed E-state index contributed by atoms with van der Waals surface area (Å²) in [7, 11) is 3.11. The highest BCUT2D eigenvalue weighted by atomic mass is 16.5. The van der Waals surface area contributed by atoms with Crippen LogP contribution in [0.4, 0.5) is 0 Å².